The van der Waals surface area contributed by atoms with Crippen molar-refractivity contribution in [3.05, 3.63) is 31.9 Å². The van der Waals surface area contributed by atoms with E-state index in [0.29, 0.717) is 65.3 Å². The Morgan fingerprint density at radius 3 is 2.50 bits per heavy atom. The van der Waals surface area contributed by atoms with E-state index in [4.69, 9.17) is 17.0 Å². The topological polar surface area (TPSA) is 95.6 Å². The molecule has 0 atom stereocenters. The predicted octanol–water partition coefficient (Wildman–Crippen LogP) is 3.44. The van der Waals surface area contributed by atoms with Crippen molar-refractivity contribution < 1.29 is 14.3 Å². The third-order valence-corrected chi connectivity index (χ3v) is 7.74. The molecule has 0 aliphatic carbocycles. The zero-order valence-corrected chi connectivity index (χ0v) is 21.7. The number of thioether (sulfide) groups is 1. The van der Waals surface area contributed by atoms with Gasteiger partial charge in [0.25, 0.3) is 11.5 Å². The smallest absolute Gasteiger partial charge is 0.309 e. The van der Waals surface area contributed by atoms with Crippen molar-refractivity contribution in [1.82, 2.24) is 9.47 Å². The van der Waals surface area contributed by atoms with Crippen LogP contribution in [0.5, 0.6) is 0 Å². The molecule has 2 aliphatic heterocycles. The Labute approximate surface area is 209 Å². The van der Waals surface area contributed by atoms with Gasteiger partial charge in [0.15, 0.2) is 0 Å². The summed E-state index contributed by atoms with van der Waals surface area (Å²) >= 11 is 6.49. The number of anilines is 1. The first-order valence-corrected chi connectivity index (χ1v) is 12.8. The van der Waals surface area contributed by atoms with Crippen LogP contribution in [-0.4, -0.2) is 52.4 Å². The molecule has 0 spiro atoms. The number of rotatable bonds is 7. The number of nitrogens with zero attached hydrogens (tertiary/aromatic N) is 4. The highest BCUT2D eigenvalue weighted by atomic mass is 32.2. The van der Waals surface area contributed by atoms with Crippen molar-refractivity contribution in [1.29, 1.82) is 5.26 Å². The number of likely N-dealkylation sites (N-methyl/N-ethyl adjacent to an activating group) is 1. The van der Waals surface area contributed by atoms with Crippen LogP contribution < -0.4 is 10.5 Å². The van der Waals surface area contributed by atoms with Crippen LogP contribution in [0.3, 0.4) is 0 Å². The van der Waals surface area contributed by atoms with Crippen molar-refractivity contribution in [2.45, 2.75) is 53.0 Å². The van der Waals surface area contributed by atoms with Crippen LogP contribution >= 0.6 is 24.0 Å². The highest BCUT2D eigenvalue weighted by Crippen LogP contribution is 2.36. The summed E-state index contributed by atoms with van der Waals surface area (Å²) in [5.74, 6) is 0.129. The predicted molar refractivity (Wildman–Crippen MR) is 138 cm³/mol. The van der Waals surface area contributed by atoms with E-state index in [9.17, 15) is 19.6 Å². The van der Waals surface area contributed by atoms with E-state index in [1.807, 2.05) is 6.92 Å². The van der Waals surface area contributed by atoms with Gasteiger partial charge in [0.05, 0.1) is 17.4 Å². The van der Waals surface area contributed by atoms with Crippen LogP contribution in [0.4, 0.5) is 5.82 Å². The third kappa shape index (κ3) is 5.05. The number of hydrogen-bond donors (Lipinski definition) is 0. The third-order valence-electron chi connectivity index (χ3n) is 6.26. The number of nitriles is 1. The Hall–Kier alpha value is -2.64. The molecule has 1 aromatic rings. The van der Waals surface area contributed by atoms with E-state index in [-0.39, 0.29) is 28.9 Å². The normalized spacial score (nSPS) is 18.0. The van der Waals surface area contributed by atoms with Crippen molar-refractivity contribution >= 4 is 52.1 Å². The lowest BCUT2D eigenvalue weighted by Gasteiger charge is -2.35. The van der Waals surface area contributed by atoms with Gasteiger partial charge in [0, 0.05) is 32.2 Å². The maximum absolute atomic E-state index is 13.3. The molecular weight excluding hydrogens is 472 g/mol. The molecule has 3 rings (SSSR count). The van der Waals surface area contributed by atoms with Gasteiger partial charge in [-0.3, -0.25) is 23.9 Å². The van der Waals surface area contributed by atoms with Crippen LogP contribution in [0.25, 0.3) is 6.08 Å². The second-order valence-electron chi connectivity index (χ2n) is 8.41. The highest BCUT2D eigenvalue weighted by molar-refractivity contribution is 8.26. The second-order valence-corrected chi connectivity index (χ2v) is 10.1. The molecule has 10 heteroatoms. The van der Waals surface area contributed by atoms with Crippen LogP contribution in [0.15, 0.2) is 9.70 Å². The molecule has 0 saturated carbocycles. The largest absolute Gasteiger partial charge is 0.466 e. The Morgan fingerprint density at radius 1 is 1.29 bits per heavy atom. The van der Waals surface area contributed by atoms with Crippen molar-refractivity contribution in [3.8, 4) is 6.07 Å². The number of ether oxygens (including phenoxy) is 1. The molecule has 34 heavy (non-hydrogen) atoms. The lowest BCUT2D eigenvalue weighted by Crippen LogP contribution is -2.41. The van der Waals surface area contributed by atoms with E-state index in [2.05, 4.69) is 11.0 Å². The summed E-state index contributed by atoms with van der Waals surface area (Å²) in [6.45, 7) is 7.53. The Morgan fingerprint density at radius 2 is 1.97 bits per heavy atom. The number of unbranched alkanes of at least 4 members (excludes halogenated alkanes) is 1. The van der Waals surface area contributed by atoms with E-state index < -0.39 is 0 Å². The summed E-state index contributed by atoms with van der Waals surface area (Å²) < 4.78 is 7.33. The number of amides is 1. The van der Waals surface area contributed by atoms with E-state index in [1.54, 1.807) is 31.5 Å². The Bertz CT molecular complexity index is 1130. The maximum atomic E-state index is 13.3. The molecule has 182 valence electrons. The van der Waals surface area contributed by atoms with Gasteiger partial charge in [-0.2, -0.15) is 5.26 Å². The summed E-state index contributed by atoms with van der Waals surface area (Å²) in [5, 5.41) is 9.77. The van der Waals surface area contributed by atoms with Gasteiger partial charge in [0.2, 0.25) is 0 Å². The van der Waals surface area contributed by atoms with Crippen LogP contribution in [0, 0.1) is 24.2 Å². The fraction of sp³-hybridized carbons (Fsp3) is 0.542. The first kappa shape index (κ1) is 26.0. The van der Waals surface area contributed by atoms with E-state index in [1.165, 1.54) is 16.7 Å². The molecule has 0 radical (unpaired) electrons. The Balaban J connectivity index is 2.14. The molecule has 8 nitrogen and oxygen atoms in total. The van der Waals surface area contributed by atoms with Gasteiger partial charge in [-0.05, 0) is 44.7 Å². The average Bonchev–Trinajstić information content (AvgIpc) is 3.07. The van der Waals surface area contributed by atoms with E-state index >= 15 is 0 Å². The van der Waals surface area contributed by atoms with Gasteiger partial charge in [-0.25, -0.2) is 0 Å². The maximum Gasteiger partial charge on any atom is 0.309 e. The summed E-state index contributed by atoms with van der Waals surface area (Å²) in [5.41, 5.74) is 0.982. The van der Waals surface area contributed by atoms with Gasteiger partial charge >= 0.3 is 5.97 Å². The standard InChI is InChI=1S/C24H30N4O4S2/c1-5-7-10-28-20(27-11-8-16(9-12-27)23(31)32-6-2)17(15(3)18(14-25)21(28)29)13-19-22(30)26(4)24(33)34-19/h13,16H,5-12H2,1-4H3. The lowest BCUT2D eigenvalue weighted by atomic mass is 9.95. The zero-order valence-electron chi connectivity index (χ0n) is 20.0. The monoisotopic (exact) mass is 502 g/mol. The number of piperidine rings is 1. The SMILES string of the molecule is CCCCn1c(N2CCC(C(=O)OCC)CC2)c(C=C2SC(=S)N(C)C2=O)c(C)c(C#N)c1=O. The molecule has 0 bridgehead atoms. The fourth-order valence-electron chi connectivity index (χ4n) is 4.27. The quantitative estimate of drug-likeness (QED) is 0.318. The van der Waals surface area contributed by atoms with Gasteiger partial charge in [-0.15, -0.1) is 0 Å². The molecule has 2 fully saturated rings. The summed E-state index contributed by atoms with van der Waals surface area (Å²) in [7, 11) is 1.63. The first-order valence-electron chi connectivity index (χ1n) is 11.6. The number of thiocarbonyl (C=S) groups is 1. The number of pyridine rings is 1. The molecule has 0 aromatic carbocycles. The second kappa shape index (κ2) is 11.2. The molecule has 3 heterocycles. The summed E-state index contributed by atoms with van der Waals surface area (Å²) in [6, 6.07) is 2.07. The van der Waals surface area contributed by atoms with Crippen LogP contribution in [0.1, 0.15) is 56.2 Å². The first-order chi connectivity index (χ1) is 16.2. The molecule has 1 amide bonds. The van der Waals surface area contributed by atoms with E-state index in [0.717, 1.165) is 12.8 Å². The average molecular weight is 503 g/mol. The minimum Gasteiger partial charge on any atom is -0.466 e. The molecule has 2 saturated heterocycles. The van der Waals surface area contributed by atoms with Gasteiger partial charge in [-0.1, -0.05) is 37.3 Å². The summed E-state index contributed by atoms with van der Waals surface area (Å²) in [6.07, 6.45) is 4.63. The number of esters is 1. The zero-order chi connectivity index (χ0) is 25.0. The van der Waals surface area contributed by atoms with Crippen LogP contribution in [0.2, 0.25) is 0 Å². The van der Waals surface area contributed by atoms with Gasteiger partial charge < -0.3 is 9.64 Å². The molecular formula is C24H30N4O4S2. The number of carbonyl (C=O) groups excluding carboxylic acids is 2. The summed E-state index contributed by atoms with van der Waals surface area (Å²) in [4.78, 5) is 42.3. The molecule has 0 N–H and O–H groups in total. The van der Waals surface area contributed by atoms with Crippen molar-refractivity contribution in [2.75, 3.05) is 31.6 Å². The van der Waals surface area contributed by atoms with Crippen LogP contribution in [-0.2, 0) is 20.9 Å². The number of carbonyl (C=O) groups is 2. The number of hydrogen-bond acceptors (Lipinski definition) is 8. The fourth-order valence-corrected chi connectivity index (χ4v) is 5.43. The molecule has 2 aliphatic rings. The van der Waals surface area contributed by atoms with Gasteiger partial charge in [0.1, 0.15) is 21.8 Å². The van der Waals surface area contributed by atoms with Crippen molar-refractivity contribution in [3.63, 3.8) is 0 Å². The molecule has 1 aromatic heterocycles. The minimum atomic E-state index is -0.323. The highest BCUT2D eigenvalue weighted by Gasteiger charge is 2.32. The minimum absolute atomic E-state index is 0.0829. The lowest BCUT2D eigenvalue weighted by molar-refractivity contribution is -0.148. The van der Waals surface area contributed by atoms with Crippen molar-refractivity contribution in [2.24, 2.45) is 5.92 Å². The molecule has 0 unspecified atom stereocenters. The number of aromatic nitrogens is 1. The Kier molecular flexibility index (Phi) is 8.55.